The van der Waals surface area contributed by atoms with Crippen LogP contribution in [0.2, 0.25) is 5.02 Å². The highest BCUT2D eigenvalue weighted by Gasteiger charge is 2.39. The van der Waals surface area contributed by atoms with Gasteiger partial charge < -0.3 is 9.80 Å². The molecule has 3 heterocycles. The van der Waals surface area contributed by atoms with E-state index in [4.69, 9.17) is 11.6 Å². The summed E-state index contributed by atoms with van der Waals surface area (Å²) in [7, 11) is 0. The highest BCUT2D eigenvalue weighted by molar-refractivity contribution is 6.30. The van der Waals surface area contributed by atoms with Gasteiger partial charge in [0.2, 0.25) is 11.8 Å². The summed E-state index contributed by atoms with van der Waals surface area (Å²) in [6.07, 6.45) is 2.38. The van der Waals surface area contributed by atoms with E-state index in [2.05, 4.69) is 18.9 Å². The normalized spacial score (nSPS) is 20.9. The van der Waals surface area contributed by atoms with Crippen LogP contribution in [-0.2, 0) is 29.1 Å². The Morgan fingerprint density at radius 1 is 1.38 bits per heavy atom. The Kier molecular flexibility index (Phi) is 4.89. The first-order valence-electron chi connectivity index (χ1n) is 9.73. The third-order valence-electron chi connectivity index (χ3n) is 5.68. The second kappa shape index (κ2) is 7.13. The molecule has 1 aromatic heterocycles. The number of rotatable bonds is 3. The van der Waals surface area contributed by atoms with Crippen LogP contribution in [0.5, 0.6) is 0 Å². The zero-order chi connectivity index (χ0) is 20.9. The average molecular weight is 419 g/mol. The van der Waals surface area contributed by atoms with Gasteiger partial charge in [-0.1, -0.05) is 31.5 Å². The number of benzene rings is 1. The van der Waals surface area contributed by atoms with Gasteiger partial charge in [-0.25, -0.2) is 4.39 Å². The maximum absolute atomic E-state index is 13.4. The van der Waals surface area contributed by atoms with Gasteiger partial charge in [0.25, 0.3) is 0 Å². The van der Waals surface area contributed by atoms with Crippen molar-refractivity contribution in [2.45, 2.75) is 52.7 Å². The van der Waals surface area contributed by atoms with Gasteiger partial charge in [-0.3, -0.25) is 14.3 Å². The standard InChI is InChI=1S/C21H24ClFN4O2/c1-13-10-27-18(17(9-24-27)26-12-21(2,3)8-20(26)29)11-25(13)19(28)7-14-4-5-16(23)15(22)6-14/h4-6,9,13H,7-8,10-12H2,1-3H3. The number of aromatic nitrogens is 2. The quantitative estimate of drug-likeness (QED) is 0.767. The Bertz CT molecular complexity index is 987. The van der Waals surface area contributed by atoms with Gasteiger partial charge in [0.1, 0.15) is 5.82 Å². The number of carbonyl (C=O) groups is 2. The van der Waals surface area contributed by atoms with Crippen LogP contribution in [0.1, 0.15) is 38.4 Å². The molecule has 0 spiro atoms. The van der Waals surface area contributed by atoms with Gasteiger partial charge in [0.15, 0.2) is 0 Å². The van der Waals surface area contributed by atoms with Crippen molar-refractivity contribution in [2.75, 3.05) is 11.4 Å². The number of hydrogen-bond acceptors (Lipinski definition) is 3. The number of fused-ring (bicyclic) bond motifs is 1. The third kappa shape index (κ3) is 3.75. The van der Waals surface area contributed by atoms with Gasteiger partial charge >= 0.3 is 0 Å². The van der Waals surface area contributed by atoms with Crippen molar-refractivity contribution < 1.29 is 14.0 Å². The van der Waals surface area contributed by atoms with Gasteiger partial charge in [-0.2, -0.15) is 5.10 Å². The zero-order valence-corrected chi connectivity index (χ0v) is 17.5. The summed E-state index contributed by atoms with van der Waals surface area (Å²) in [5, 5.41) is 4.47. The van der Waals surface area contributed by atoms with Crippen molar-refractivity contribution in [1.29, 1.82) is 0 Å². The van der Waals surface area contributed by atoms with Gasteiger partial charge in [-0.05, 0) is 30.0 Å². The molecule has 1 fully saturated rings. The van der Waals surface area contributed by atoms with Crippen molar-refractivity contribution in [1.82, 2.24) is 14.7 Å². The van der Waals surface area contributed by atoms with Crippen molar-refractivity contribution >= 4 is 29.1 Å². The molecule has 0 saturated carbocycles. The minimum absolute atomic E-state index is 0.0116. The van der Waals surface area contributed by atoms with E-state index in [9.17, 15) is 14.0 Å². The first kappa shape index (κ1) is 19.9. The van der Waals surface area contributed by atoms with Gasteiger partial charge in [-0.15, -0.1) is 0 Å². The number of amides is 2. The highest BCUT2D eigenvalue weighted by Crippen LogP contribution is 2.36. The smallest absolute Gasteiger partial charge is 0.227 e. The van der Waals surface area contributed by atoms with E-state index in [0.29, 0.717) is 31.6 Å². The fraction of sp³-hybridized carbons (Fsp3) is 0.476. The minimum atomic E-state index is -0.499. The lowest BCUT2D eigenvalue weighted by molar-refractivity contribution is -0.134. The Morgan fingerprint density at radius 3 is 2.79 bits per heavy atom. The van der Waals surface area contributed by atoms with Crippen molar-refractivity contribution in [3.63, 3.8) is 0 Å². The summed E-state index contributed by atoms with van der Waals surface area (Å²) in [4.78, 5) is 29.1. The molecule has 1 atom stereocenters. The van der Waals surface area contributed by atoms with Crippen molar-refractivity contribution in [3.05, 3.63) is 46.5 Å². The van der Waals surface area contributed by atoms with E-state index in [0.717, 1.165) is 11.4 Å². The first-order valence-corrected chi connectivity index (χ1v) is 10.1. The summed E-state index contributed by atoms with van der Waals surface area (Å²) >= 11 is 5.85. The minimum Gasteiger partial charge on any atom is -0.332 e. The summed E-state index contributed by atoms with van der Waals surface area (Å²) < 4.78 is 15.3. The topological polar surface area (TPSA) is 58.4 Å². The molecule has 2 aliphatic heterocycles. The zero-order valence-electron chi connectivity index (χ0n) is 16.8. The molecule has 2 aromatic rings. The number of hydrogen-bond donors (Lipinski definition) is 0. The van der Waals surface area contributed by atoms with Crippen molar-refractivity contribution in [2.24, 2.45) is 5.41 Å². The van der Waals surface area contributed by atoms with E-state index >= 15 is 0 Å². The van der Waals surface area contributed by atoms with E-state index < -0.39 is 5.82 Å². The molecule has 1 unspecified atom stereocenters. The van der Waals surface area contributed by atoms with Crippen LogP contribution < -0.4 is 4.90 Å². The van der Waals surface area contributed by atoms with Crippen LogP contribution in [-0.4, -0.2) is 39.1 Å². The second-order valence-electron chi connectivity index (χ2n) is 8.78. The van der Waals surface area contributed by atoms with Crippen molar-refractivity contribution in [3.8, 4) is 0 Å². The highest BCUT2D eigenvalue weighted by atomic mass is 35.5. The molecule has 1 saturated heterocycles. The maximum atomic E-state index is 13.4. The van der Waals surface area contributed by atoms with Crippen LogP contribution >= 0.6 is 11.6 Å². The Morgan fingerprint density at radius 2 is 2.14 bits per heavy atom. The fourth-order valence-electron chi connectivity index (χ4n) is 4.17. The maximum Gasteiger partial charge on any atom is 0.227 e. The predicted molar refractivity (Wildman–Crippen MR) is 108 cm³/mol. The second-order valence-corrected chi connectivity index (χ2v) is 9.18. The lowest BCUT2D eigenvalue weighted by atomic mass is 9.93. The molecule has 4 rings (SSSR count). The number of halogens is 2. The largest absolute Gasteiger partial charge is 0.332 e. The van der Waals surface area contributed by atoms with Crippen LogP contribution in [0, 0.1) is 11.2 Å². The van der Waals surface area contributed by atoms with Gasteiger partial charge in [0.05, 0.1) is 42.1 Å². The number of carbonyl (C=O) groups excluding carboxylic acids is 2. The Labute approximate surface area is 174 Å². The Hall–Kier alpha value is -2.41. The van der Waals surface area contributed by atoms with Crippen LogP contribution in [0.3, 0.4) is 0 Å². The average Bonchev–Trinajstić information content (AvgIpc) is 3.15. The number of nitrogens with zero attached hydrogens (tertiary/aromatic N) is 4. The van der Waals surface area contributed by atoms with Gasteiger partial charge in [0, 0.05) is 19.0 Å². The molecule has 1 aromatic carbocycles. The third-order valence-corrected chi connectivity index (χ3v) is 5.97. The summed E-state index contributed by atoms with van der Waals surface area (Å²) in [5.74, 6) is -0.476. The molecule has 154 valence electrons. The Balaban J connectivity index is 1.56. The van der Waals surface area contributed by atoms with E-state index in [1.807, 2.05) is 11.6 Å². The van der Waals surface area contributed by atoms with E-state index in [-0.39, 0.29) is 34.7 Å². The summed E-state index contributed by atoms with van der Waals surface area (Å²) in [6, 6.07) is 4.31. The summed E-state index contributed by atoms with van der Waals surface area (Å²) in [5.41, 5.74) is 2.25. The molecule has 29 heavy (non-hydrogen) atoms. The van der Waals surface area contributed by atoms with Crippen LogP contribution in [0.25, 0.3) is 0 Å². The van der Waals surface area contributed by atoms with Crippen LogP contribution in [0.4, 0.5) is 10.1 Å². The molecule has 0 bridgehead atoms. The summed E-state index contributed by atoms with van der Waals surface area (Å²) in [6.45, 7) is 7.72. The molecule has 8 heteroatoms. The molecule has 6 nitrogen and oxygen atoms in total. The monoisotopic (exact) mass is 418 g/mol. The molecular weight excluding hydrogens is 395 g/mol. The number of anilines is 1. The SMILES string of the molecule is CC1Cn2ncc(N3CC(C)(C)CC3=O)c2CN1C(=O)Cc1ccc(F)c(Cl)c1. The molecule has 2 aliphatic rings. The lowest BCUT2D eigenvalue weighted by Gasteiger charge is -2.35. The molecular formula is C21H24ClFN4O2. The first-order chi connectivity index (χ1) is 13.6. The molecule has 0 radical (unpaired) electrons. The molecule has 0 N–H and O–H groups in total. The van der Waals surface area contributed by atoms with E-state index in [1.165, 1.54) is 12.1 Å². The fourth-order valence-corrected chi connectivity index (χ4v) is 4.37. The lowest BCUT2D eigenvalue weighted by Crippen LogP contribution is -2.46. The predicted octanol–water partition coefficient (Wildman–Crippen LogP) is 3.41. The molecule has 2 amide bonds. The molecule has 0 aliphatic carbocycles. The van der Waals surface area contributed by atoms with Crippen LogP contribution in [0.15, 0.2) is 24.4 Å². The van der Waals surface area contributed by atoms with E-state index in [1.54, 1.807) is 22.1 Å².